The highest BCUT2D eigenvalue weighted by Crippen LogP contribution is 2.21. The second-order valence-electron chi connectivity index (χ2n) is 4.75. The van der Waals surface area contributed by atoms with Crippen molar-refractivity contribution in [1.29, 1.82) is 0 Å². The molecule has 3 heteroatoms. The first-order valence-electron chi connectivity index (χ1n) is 6.54. The Morgan fingerprint density at radius 2 is 1.89 bits per heavy atom. The Hall–Kier alpha value is -2.03. The van der Waals surface area contributed by atoms with Gasteiger partial charge in [0.05, 0.1) is 11.7 Å². The Morgan fingerprint density at radius 1 is 1.21 bits per heavy atom. The molecule has 0 saturated heterocycles. The van der Waals surface area contributed by atoms with Crippen LogP contribution >= 0.6 is 0 Å². The summed E-state index contributed by atoms with van der Waals surface area (Å²) in [5.41, 5.74) is 0.543. The summed E-state index contributed by atoms with van der Waals surface area (Å²) in [4.78, 5) is 12.0. The fraction of sp³-hybridized carbons (Fsp3) is 0.312. The maximum Gasteiger partial charge on any atom is 0.338 e. The van der Waals surface area contributed by atoms with Crippen molar-refractivity contribution in [1.82, 2.24) is 0 Å². The summed E-state index contributed by atoms with van der Waals surface area (Å²) in [6.07, 6.45) is 1.80. The normalized spacial score (nSPS) is 12.3. The molecule has 2 aromatic carbocycles. The first-order valence-corrected chi connectivity index (χ1v) is 6.54. The largest absolute Gasteiger partial charge is 0.508 e. The number of phenols is 1. The van der Waals surface area contributed by atoms with E-state index in [-0.39, 0.29) is 17.8 Å². The second kappa shape index (κ2) is 5.74. The molecule has 0 heterocycles. The van der Waals surface area contributed by atoms with Crippen LogP contribution in [-0.4, -0.2) is 17.2 Å². The van der Waals surface area contributed by atoms with Crippen molar-refractivity contribution in [2.45, 2.75) is 32.8 Å². The SMILES string of the molecule is CCCC(C)OC(=O)c1ccc2cc(O)ccc2c1. The van der Waals surface area contributed by atoms with Crippen LogP contribution in [0.5, 0.6) is 5.75 Å². The molecule has 0 spiro atoms. The van der Waals surface area contributed by atoms with Crippen LogP contribution in [0, 0.1) is 0 Å². The van der Waals surface area contributed by atoms with Gasteiger partial charge >= 0.3 is 5.97 Å². The van der Waals surface area contributed by atoms with Gasteiger partial charge in [-0.2, -0.15) is 0 Å². The zero-order valence-electron chi connectivity index (χ0n) is 11.2. The number of fused-ring (bicyclic) bond motifs is 1. The quantitative estimate of drug-likeness (QED) is 0.846. The zero-order chi connectivity index (χ0) is 13.8. The Labute approximate surface area is 112 Å². The highest BCUT2D eigenvalue weighted by Gasteiger charge is 2.11. The van der Waals surface area contributed by atoms with E-state index in [4.69, 9.17) is 4.74 Å². The molecule has 2 rings (SSSR count). The molecule has 0 fully saturated rings. The van der Waals surface area contributed by atoms with E-state index in [0.29, 0.717) is 5.56 Å². The van der Waals surface area contributed by atoms with Gasteiger partial charge in [0.2, 0.25) is 0 Å². The molecule has 0 amide bonds. The van der Waals surface area contributed by atoms with Crippen molar-refractivity contribution >= 4 is 16.7 Å². The van der Waals surface area contributed by atoms with Crippen molar-refractivity contribution in [2.75, 3.05) is 0 Å². The molecule has 0 bridgehead atoms. The van der Waals surface area contributed by atoms with E-state index in [0.717, 1.165) is 23.6 Å². The number of aromatic hydroxyl groups is 1. The van der Waals surface area contributed by atoms with Crippen LogP contribution in [-0.2, 0) is 4.74 Å². The summed E-state index contributed by atoms with van der Waals surface area (Å²) in [5, 5.41) is 11.2. The van der Waals surface area contributed by atoms with Gasteiger partial charge in [-0.05, 0) is 48.4 Å². The Kier molecular flexibility index (Phi) is 4.05. The van der Waals surface area contributed by atoms with Gasteiger partial charge in [-0.3, -0.25) is 0 Å². The van der Waals surface area contributed by atoms with E-state index in [1.165, 1.54) is 0 Å². The smallest absolute Gasteiger partial charge is 0.338 e. The highest BCUT2D eigenvalue weighted by atomic mass is 16.5. The number of phenolic OH excluding ortho intramolecular Hbond substituents is 1. The number of carbonyl (C=O) groups excluding carboxylic acids is 1. The van der Waals surface area contributed by atoms with E-state index in [1.54, 1.807) is 30.3 Å². The van der Waals surface area contributed by atoms with E-state index in [2.05, 4.69) is 6.92 Å². The lowest BCUT2D eigenvalue weighted by Crippen LogP contribution is -2.14. The monoisotopic (exact) mass is 258 g/mol. The number of ether oxygens (including phenoxy) is 1. The van der Waals surface area contributed by atoms with Crippen LogP contribution in [0.15, 0.2) is 36.4 Å². The van der Waals surface area contributed by atoms with Gasteiger partial charge < -0.3 is 9.84 Å². The van der Waals surface area contributed by atoms with Crippen LogP contribution in [0.1, 0.15) is 37.0 Å². The summed E-state index contributed by atoms with van der Waals surface area (Å²) in [7, 11) is 0. The molecular formula is C16H18O3. The Bertz CT molecular complexity index is 590. The van der Waals surface area contributed by atoms with Gasteiger partial charge in [0.25, 0.3) is 0 Å². The topological polar surface area (TPSA) is 46.5 Å². The molecule has 2 aromatic rings. The summed E-state index contributed by atoms with van der Waals surface area (Å²) < 4.78 is 5.36. The molecular weight excluding hydrogens is 240 g/mol. The fourth-order valence-electron chi connectivity index (χ4n) is 2.08. The van der Waals surface area contributed by atoms with E-state index < -0.39 is 0 Å². The van der Waals surface area contributed by atoms with E-state index >= 15 is 0 Å². The summed E-state index contributed by atoms with van der Waals surface area (Å²) in [6, 6.07) is 10.4. The number of rotatable bonds is 4. The number of carbonyl (C=O) groups is 1. The van der Waals surface area contributed by atoms with Gasteiger partial charge in [-0.15, -0.1) is 0 Å². The maximum atomic E-state index is 12.0. The minimum Gasteiger partial charge on any atom is -0.508 e. The number of hydrogen-bond acceptors (Lipinski definition) is 3. The lowest BCUT2D eigenvalue weighted by atomic mass is 10.1. The first-order chi connectivity index (χ1) is 9.10. The van der Waals surface area contributed by atoms with Gasteiger partial charge in [0.15, 0.2) is 0 Å². The van der Waals surface area contributed by atoms with Gasteiger partial charge in [-0.25, -0.2) is 4.79 Å². The average molecular weight is 258 g/mol. The molecule has 1 unspecified atom stereocenters. The number of benzene rings is 2. The molecule has 1 atom stereocenters. The molecule has 0 aliphatic heterocycles. The maximum absolute atomic E-state index is 12.0. The molecule has 19 heavy (non-hydrogen) atoms. The predicted octanol–water partition coefficient (Wildman–Crippen LogP) is 3.89. The van der Waals surface area contributed by atoms with Crippen molar-refractivity contribution in [3.8, 4) is 5.75 Å². The first kappa shape index (κ1) is 13.4. The second-order valence-corrected chi connectivity index (χ2v) is 4.75. The summed E-state index contributed by atoms with van der Waals surface area (Å²) in [5.74, 6) is -0.0738. The number of hydrogen-bond donors (Lipinski definition) is 1. The van der Waals surface area contributed by atoms with Crippen molar-refractivity contribution in [3.63, 3.8) is 0 Å². The summed E-state index contributed by atoms with van der Waals surface area (Å²) >= 11 is 0. The van der Waals surface area contributed by atoms with Crippen LogP contribution in [0.4, 0.5) is 0 Å². The molecule has 0 radical (unpaired) electrons. The van der Waals surface area contributed by atoms with Crippen LogP contribution in [0.25, 0.3) is 10.8 Å². The van der Waals surface area contributed by atoms with Crippen LogP contribution in [0.3, 0.4) is 0 Å². The van der Waals surface area contributed by atoms with Crippen LogP contribution < -0.4 is 0 Å². The third-order valence-corrected chi connectivity index (χ3v) is 3.06. The van der Waals surface area contributed by atoms with Crippen molar-refractivity contribution < 1.29 is 14.6 Å². The zero-order valence-corrected chi connectivity index (χ0v) is 11.2. The molecule has 0 aromatic heterocycles. The molecule has 0 aliphatic carbocycles. The van der Waals surface area contributed by atoms with E-state index in [9.17, 15) is 9.90 Å². The Balaban J connectivity index is 2.21. The third-order valence-electron chi connectivity index (χ3n) is 3.06. The van der Waals surface area contributed by atoms with Gasteiger partial charge in [0, 0.05) is 0 Å². The van der Waals surface area contributed by atoms with Gasteiger partial charge in [-0.1, -0.05) is 25.5 Å². The lowest BCUT2D eigenvalue weighted by molar-refractivity contribution is 0.0323. The summed E-state index contributed by atoms with van der Waals surface area (Å²) in [6.45, 7) is 3.97. The molecule has 0 saturated carbocycles. The number of esters is 1. The van der Waals surface area contributed by atoms with Gasteiger partial charge in [0.1, 0.15) is 5.75 Å². The standard InChI is InChI=1S/C16H18O3/c1-3-4-11(2)19-16(18)14-6-5-13-10-15(17)8-7-12(13)9-14/h5-11,17H,3-4H2,1-2H3. The minimum absolute atomic E-state index is 0.0620. The molecule has 1 N–H and O–H groups in total. The van der Waals surface area contributed by atoms with Crippen molar-refractivity contribution in [3.05, 3.63) is 42.0 Å². The molecule has 3 nitrogen and oxygen atoms in total. The fourth-order valence-corrected chi connectivity index (χ4v) is 2.08. The third kappa shape index (κ3) is 3.25. The van der Waals surface area contributed by atoms with Crippen LogP contribution in [0.2, 0.25) is 0 Å². The minimum atomic E-state index is -0.295. The molecule has 100 valence electrons. The Morgan fingerprint density at radius 3 is 2.63 bits per heavy atom. The van der Waals surface area contributed by atoms with E-state index in [1.807, 2.05) is 13.0 Å². The average Bonchev–Trinajstić information content (AvgIpc) is 2.38. The predicted molar refractivity (Wildman–Crippen MR) is 75.4 cm³/mol. The van der Waals surface area contributed by atoms with Crippen molar-refractivity contribution in [2.24, 2.45) is 0 Å². The molecule has 0 aliphatic rings. The lowest BCUT2D eigenvalue weighted by Gasteiger charge is -2.12. The highest BCUT2D eigenvalue weighted by molar-refractivity contribution is 5.95.